The molecule has 0 radical (unpaired) electrons. The van der Waals surface area contributed by atoms with Crippen LogP contribution in [0.3, 0.4) is 0 Å². The number of anilines is 4. The van der Waals surface area contributed by atoms with Gasteiger partial charge in [0.1, 0.15) is 0 Å². The summed E-state index contributed by atoms with van der Waals surface area (Å²) < 4.78 is 0. The normalized spacial score (nSPS) is 10.2. The van der Waals surface area contributed by atoms with Crippen molar-refractivity contribution in [3.8, 4) is 11.4 Å². The lowest BCUT2D eigenvalue weighted by molar-refractivity contribution is 1.09. The number of aromatic nitrogens is 3. The fraction of sp³-hybridized carbons (Fsp3) is 0. The Morgan fingerprint density at radius 1 is 0.538 bits per heavy atom. The molecule has 0 aliphatic carbocycles. The minimum atomic E-state index is 0.136. The molecule has 0 saturated carbocycles. The minimum Gasteiger partial charge on any atom is -0.398 e. The Hall–Kier alpha value is -3.87. The van der Waals surface area contributed by atoms with E-state index in [9.17, 15) is 0 Å². The summed E-state index contributed by atoms with van der Waals surface area (Å²) in [7, 11) is 0. The Bertz CT molecular complexity index is 975. The van der Waals surface area contributed by atoms with Gasteiger partial charge in [-0.15, -0.1) is 0 Å². The lowest BCUT2D eigenvalue weighted by atomic mass is 10.1. The highest BCUT2D eigenvalue weighted by Crippen LogP contribution is 2.25. The summed E-state index contributed by atoms with van der Waals surface area (Å²) >= 11 is 0. The summed E-state index contributed by atoms with van der Waals surface area (Å²) in [6, 6.07) is 21.0. The van der Waals surface area contributed by atoms with Gasteiger partial charge in [0, 0.05) is 22.3 Å². The standard InChI is InChI=1S/C10H10N2.C9H9N5/c11-8-5-1-3-7-4-2-6-9(12)10(7)8;10-8-12-7(13-9(11)14-8)6-4-2-1-3-5-6/h1-6H,11-12H2;1-5H,(H4,10,11,12,13,14). The largest absolute Gasteiger partial charge is 0.398 e. The minimum absolute atomic E-state index is 0.136. The third-order valence-corrected chi connectivity index (χ3v) is 3.67. The van der Waals surface area contributed by atoms with Gasteiger partial charge in [0.25, 0.3) is 0 Å². The summed E-state index contributed by atoms with van der Waals surface area (Å²) in [5, 5.41) is 2.05. The molecule has 0 bridgehead atoms. The van der Waals surface area contributed by atoms with Crippen LogP contribution in [-0.2, 0) is 0 Å². The van der Waals surface area contributed by atoms with E-state index in [1.54, 1.807) is 0 Å². The number of hydrogen-bond donors (Lipinski definition) is 4. The summed E-state index contributed by atoms with van der Waals surface area (Å²) in [5.74, 6) is 0.767. The quantitative estimate of drug-likeness (QED) is 0.388. The first-order valence-electron chi connectivity index (χ1n) is 7.90. The zero-order chi connectivity index (χ0) is 18.5. The Morgan fingerprint density at radius 3 is 1.58 bits per heavy atom. The molecule has 3 aromatic carbocycles. The van der Waals surface area contributed by atoms with Crippen LogP contribution in [0.15, 0.2) is 66.7 Å². The maximum atomic E-state index is 5.78. The van der Waals surface area contributed by atoms with Crippen molar-refractivity contribution in [2.45, 2.75) is 0 Å². The molecule has 130 valence electrons. The number of benzene rings is 3. The number of nitrogen functional groups attached to an aromatic ring is 4. The van der Waals surface area contributed by atoms with E-state index in [0.29, 0.717) is 5.82 Å². The highest BCUT2D eigenvalue weighted by atomic mass is 15.1. The van der Waals surface area contributed by atoms with E-state index in [0.717, 1.165) is 27.7 Å². The van der Waals surface area contributed by atoms with Gasteiger partial charge in [-0.3, -0.25) is 0 Å². The Morgan fingerprint density at radius 2 is 1.08 bits per heavy atom. The fourth-order valence-electron chi connectivity index (χ4n) is 2.53. The van der Waals surface area contributed by atoms with Crippen LogP contribution in [0.4, 0.5) is 23.3 Å². The molecule has 26 heavy (non-hydrogen) atoms. The highest BCUT2D eigenvalue weighted by molar-refractivity contribution is 6.01. The lowest BCUT2D eigenvalue weighted by Gasteiger charge is -2.03. The van der Waals surface area contributed by atoms with Crippen LogP contribution in [0.25, 0.3) is 22.2 Å². The number of rotatable bonds is 1. The summed E-state index contributed by atoms with van der Waals surface area (Å²) in [5.41, 5.74) is 24.8. The molecule has 0 unspecified atom stereocenters. The molecule has 0 atom stereocenters. The molecule has 0 aliphatic heterocycles. The molecule has 1 aromatic heterocycles. The molecule has 4 aromatic rings. The first-order chi connectivity index (χ1) is 12.5. The lowest BCUT2D eigenvalue weighted by Crippen LogP contribution is -2.04. The Kier molecular flexibility index (Phi) is 4.80. The van der Waals surface area contributed by atoms with Crippen LogP contribution < -0.4 is 22.9 Å². The van der Waals surface area contributed by atoms with Crippen molar-refractivity contribution in [3.05, 3.63) is 66.7 Å². The second-order valence-corrected chi connectivity index (χ2v) is 5.53. The molecule has 1 heterocycles. The van der Waals surface area contributed by atoms with Crippen molar-refractivity contribution in [3.63, 3.8) is 0 Å². The predicted molar refractivity (Wildman–Crippen MR) is 107 cm³/mol. The maximum absolute atomic E-state index is 5.78. The van der Waals surface area contributed by atoms with Crippen LogP contribution in [-0.4, -0.2) is 15.0 Å². The molecule has 8 N–H and O–H groups in total. The second-order valence-electron chi connectivity index (χ2n) is 5.53. The molecule has 7 heteroatoms. The molecular formula is C19H19N7. The van der Waals surface area contributed by atoms with E-state index >= 15 is 0 Å². The van der Waals surface area contributed by atoms with E-state index in [1.165, 1.54) is 0 Å². The zero-order valence-electron chi connectivity index (χ0n) is 14.0. The van der Waals surface area contributed by atoms with Gasteiger partial charge in [-0.2, -0.15) is 15.0 Å². The highest BCUT2D eigenvalue weighted by Gasteiger charge is 2.03. The smallest absolute Gasteiger partial charge is 0.225 e. The summed E-state index contributed by atoms with van der Waals surface area (Å²) in [4.78, 5) is 11.7. The Labute approximate surface area is 150 Å². The van der Waals surface area contributed by atoms with E-state index in [4.69, 9.17) is 22.9 Å². The molecule has 0 spiro atoms. The van der Waals surface area contributed by atoms with Gasteiger partial charge in [-0.05, 0) is 17.5 Å². The Balaban J connectivity index is 0.000000152. The van der Waals surface area contributed by atoms with Gasteiger partial charge in [0.05, 0.1) is 0 Å². The van der Waals surface area contributed by atoms with Crippen molar-refractivity contribution in [2.75, 3.05) is 22.9 Å². The SMILES string of the molecule is Nc1cccc2cccc(N)c12.Nc1nc(N)nc(-c2ccccc2)n1. The second kappa shape index (κ2) is 7.35. The summed E-state index contributed by atoms with van der Waals surface area (Å²) in [6.45, 7) is 0. The molecule has 4 rings (SSSR count). The maximum Gasteiger partial charge on any atom is 0.225 e. The number of nitrogens with two attached hydrogens (primary N) is 4. The van der Waals surface area contributed by atoms with E-state index in [-0.39, 0.29) is 11.9 Å². The number of hydrogen-bond acceptors (Lipinski definition) is 7. The third kappa shape index (κ3) is 3.78. The van der Waals surface area contributed by atoms with Gasteiger partial charge in [0.2, 0.25) is 11.9 Å². The monoisotopic (exact) mass is 345 g/mol. The van der Waals surface area contributed by atoms with Crippen LogP contribution in [0, 0.1) is 0 Å². The summed E-state index contributed by atoms with van der Waals surface area (Å²) in [6.07, 6.45) is 0. The molecule has 0 fully saturated rings. The van der Waals surface area contributed by atoms with Crippen LogP contribution in [0.5, 0.6) is 0 Å². The fourth-order valence-corrected chi connectivity index (χ4v) is 2.53. The molecule has 7 nitrogen and oxygen atoms in total. The van der Waals surface area contributed by atoms with Crippen molar-refractivity contribution < 1.29 is 0 Å². The number of fused-ring (bicyclic) bond motifs is 1. The average Bonchev–Trinajstić information content (AvgIpc) is 2.62. The van der Waals surface area contributed by atoms with Crippen LogP contribution in [0.1, 0.15) is 0 Å². The van der Waals surface area contributed by atoms with Crippen molar-refractivity contribution >= 4 is 34.0 Å². The van der Waals surface area contributed by atoms with Gasteiger partial charge in [-0.1, -0.05) is 54.6 Å². The number of nitrogens with zero attached hydrogens (tertiary/aromatic N) is 3. The van der Waals surface area contributed by atoms with E-state index in [2.05, 4.69) is 15.0 Å². The topological polar surface area (TPSA) is 143 Å². The average molecular weight is 345 g/mol. The van der Waals surface area contributed by atoms with Crippen LogP contribution >= 0.6 is 0 Å². The zero-order valence-corrected chi connectivity index (χ0v) is 14.0. The first-order valence-corrected chi connectivity index (χ1v) is 7.90. The van der Waals surface area contributed by atoms with Gasteiger partial charge >= 0.3 is 0 Å². The van der Waals surface area contributed by atoms with E-state index < -0.39 is 0 Å². The van der Waals surface area contributed by atoms with E-state index in [1.807, 2.05) is 66.7 Å². The molecule has 0 amide bonds. The van der Waals surface area contributed by atoms with Gasteiger partial charge < -0.3 is 22.9 Å². The van der Waals surface area contributed by atoms with Crippen molar-refractivity contribution in [1.82, 2.24) is 15.0 Å². The first kappa shape index (κ1) is 17.0. The van der Waals surface area contributed by atoms with Gasteiger partial charge in [0.15, 0.2) is 5.82 Å². The van der Waals surface area contributed by atoms with Crippen molar-refractivity contribution in [2.24, 2.45) is 0 Å². The van der Waals surface area contributed by atoms with Crippen molar-refractivity contribution in [1.29, 1.82) is 0 Å². The molecular weight excluding hydrogens is 326 g/mol. The molecule has 0 saturated heterocycles. The third-order valence-electron chi connectivity index (χ3n) is 3.67. The van der Waals surface area contributed by atoms with Crippen LogP contribution in [0.2, 0.25) is 0 Å². The predicted octanol–water partition coefficient (Wildman–Crippen LogP) is 2.71. The molecule has 0 aliphatic rings. The van der Waals surface area contributed by atoms with Gasteiger partial charge in [-0.25, -0.2) is 0 Å².